The van der Waals surface area contributed by atoms with Gasteiger partial charge in [0.2, 0.25) is 0 Å². The average molecular weight is 654 g/mol. The minimum atomic E-state index is -0.491. The zero-order valence-electron chi connectivity index (χ0n) is 25.8. The number of amides is 4. The van der Waals surface area contributed by atoms with Gasteiger partial charge in [-0.1, -0.05) is 72.8 Å². The summed E-state index contributed by atoms with van der Waals surface area (Å²) in [6, 6.07) is 39.8. The Labute approximate surface area is 282 Å². The van der Waals surface area contributed by atoms with E-state index >= 15 is 0 Å². The number of benzene rings is 5. The van der Waals surface area contributed by atoms with Crippen LogP contribution in [0.4, 0.5) is 5.69 Å². The maximum Gasteiger partial charge on any atom is 0.272 e. The molecule has 5 aromatic rings. The van der Waals surface area contributed by atoms with Crippen LogP contribution in [0.3, 0.4) is 0 Å². The highest BCUT2D eigenvalue weighted by Gasteiger charge is 2.34. The van der Waals surface area contributed by atoms with Crippen LogP contribution in [0.5, 0.6) is 5.75 Å². The summed E-state index contributed by atoms with van der Waals surface area (Å²) < 4.78 is 5.88. The topological polar surface area (TPSA) is 105 Å². The molecule has 0 spiro atoms. The second kappa shape index (κ2) is 15.1. The predicted octanol–water partition coefficient (Wildman–Crippen LogP) is 7.06. The molecule has 5 aromatic carbocycles. The first-order valence-electron chi connectivity index (χ1n) is 15.3. The summed E-state index contributed by atoms with van der Waals surface area (Å²) >= 11 is 1.50. The summed E-state index contributed by atoms with van der Waals surface area (Å²) in [4.78, 5) is 53.9. The quantitative estimate of drug-likeness (QED) is 0.0849. The van der Waals surface area contributed by atoms with E-state index in [1.54, 1.807) is 66.7 Å². The largest absolute Gasteiger partial charge is 0.489 e. The molecular weight excluding hydrogens is 623 g/mol. The molecule has 0 fully saturated rings. The van der Waals surface area contributed by atoms with Crippen molar-refractivity contribution in [2.75, 3.05) is 17.6 Å². The third-order valence-corrected chi connectivity index (χ3v) is 8.53. The number of rotatable bonds is 12. The zero-order valence-corrected chi connectivity index (χ0v) is 26.6. The van der Waals surface area contributed by atoms with Crippen LogP contribution in [0, 0.1) is 0 Å². The Morgan fingerprint density at radius 1 is 0.708 bits per heavy atom. The maximum atomic E-state index is 13.5. The Morgan fingerprint density at radius 3 is 1.96 bits per heavy atom. The lowest BCUT2D eigenvalue weighted by molar-refractivity contribution is -0.113. The highest BCUT2D eigenvalue weighted by Crippen LogP contribution is 2.25. The van der Waals surface area contributed by atoms with Crippen LogP contribution in [0.2, 0.25) is 0 Å². The van der Waals surface area contributed by atoms with Crippen LogP contribution in [0.15, 0.2) is 144 Å². The monoisotopic (exact) mass is 653 g/mol. The van der Waals surface area contributed by atoms with Gasteiger partial charge in [0.15, 0.2) is 0 Å². The molecule has 0 saturated carbocycles. The smallest absolute Gasteiger partial charge is 0.272 e. The van der Waals surface area contributed by atoms with Gasteiger partial charge in [-0.3, -0.25) is 24.1 Å². The van der Waals surface area contributed by atoms with Crippen molar-refractivity contribution >= 4 is 47.2 Å². The number of imide groups is 1. The van der Waals surface area contributed by atoms with Gasteiger partial charge in [0.05, 0.1) is 11.1 Å². The molecule has 1 aliphatic heterocycles. The van der Waals surface area contributed by atoms with Crippen LogP contribution in [0.25, 0.3) is 6.08 Å². The van der Waals surface area contributed by atoms with E-state index in [1.165, 1.54) is 16.7 Å². The second-order valence-corrected chi connectivity index (χ2v) is 12.0. The lowest BCUT2D eigenvalue weighted by atomic mass is 10.1. The second-order valence-electron chi connectivity index (χ2n) is 10.9. The number of nitrogens with one attached hydrogen (secondary N) is 2. The molecule has 0 radical (unpaired) electrons. The highest BCUT2D eigenvalue weighted by molar-refractivity contribution is 7.99. The molecular formula is C39H31N3O5S. The standard InChI is InChI=1S/C39H31N3O5S/c43-36(29-11-5-2-6-12-29)41-35(25-27-15-19-31(20-16-27)47-26-28-9-3-1-4-10-28)37(44)40-30-17-21-32(22-18-30)48-24-23-42-38(45)33-13-7-8-14-34(33)39(42)46/h1-22,25H,23-24,26H2,(H,40,44)(H,41,43)/b35-25-. The van der Waals surface area contributed by atoms with Gasteiger partial charge in [-0.15, -0.1) is 11.8 Å². The molecule has 1 aliphatic rings. The van der Waals surface area contributed by atoms with Crippen molar-refractivity contribution in [3.8, 4) is 5.75 Å². The van der Waals surface area contributed by atoms with Crippen molar-refractivity contribution in [2.45, 2.75) is 11.5 Å². The first-order chi connectivity index (χ1) is 23.4. The lowest BCUT2D eigenvalue weighted by Gasteiger charge is -2.14. The number of ether oxygens (including phenoxy) is 1. The van der Waals surface area contributed by atoms with Crippen LogP contribution in [-0.2, 0) is 11.4 Å². The Hall–Kier alpha value is -5.93. The molecule has 0 aromatic heterocycles. The van der Waals surface area contributed by atoms with Crippen molar-refractivity contribution in [1.82, 2.24) is 10.2 Å². The molecule has 238 valence electrons. The van der Waals surface area contributed by atoms with Crippen molar-refractivity contribution in [2.24, 2.45) is 0 Å². The van der Waals surface area contributed by atoms with E-state index < -0.39 is 11.8 Å². The Morgan fingerprint density at radius 2 is 1.31 bits per heavy atom. The highest BCUT2D eigenvalue weighted by atomic mass is 32.2. The van der Waals surface area contributed by atoms with Crippen molar-refractivity contribution in [3.63, 3.8) is 0 Å². The Balaban J connectivity index is 1.09. The van der Waals surface area contributed by atoms with Crippen LogP contribution < -0.4 is 15.4 Å². The SMILES string of the molecule is O=C(Nc1ccc(SCCN2C(=O)c3ccccc3C2=O)cc1)/C(=C/c1ccc(OCc2ccccc2)cc1)NC(=O)c1ccccc1. The number of anilines is 1. The molecule has 0 unspecified atom stereocenters. The fourth-order valence-electron chi connectivity index (χ4n) is 5.04. The Kier molecular flexibility index (Phi) is 10.1. The summed E-state index contributed by atoms with van der Waals surface area (Å²) in [5.41, 5.74) is 3.65. The Bertz CT molecular complexity index is 1930. The van der Waals surface area contributed by atoms with E-state index in [4.69, 9.17) is 4.74 Å². The third-order valence-electron chi connectivity index (χ3n) is 7.54. The van der Waals surface area contributed by atoms with Crippen LogP contribution in [-0.4, -0.2) is 40.8 Å². The van der Waals surface area contributed by atoms with Gasteiger partial charge >= 0.3 is 0 Å². The van der Waals surface area contributed by atoms with Gasteiger partial charge < -0.3 is 15.4 Å². The average Bonchev–Trinajstić information content (AvgIpc) is 3.37. The molecule has 0 bridgehead atoms. The molecule has 48 heavy (non-hydrogen) atoms. The van der Waals surface area contributed by atoms with E-state index in [2.05, 4.69) is 10.6 Å². The summed E-state index contributed by atoms with van der Waals surface area (Å²) in [5.74, 6) is -0.253. The maximum absolute atomic E-state index is 13.5. The number of nitrogens with zero attached hydrogens (tertiary/aromatic N) is 1. The molecule has 8 nitrogen and oxygen atoms in total. The van der Waals surface area contributed by atoms with Crippen LogP contribution in [0.1, 0.15) is 42.2 Å². The molecule has 9 heteroatoms. The summed E-state index contributed by atoms with van der Waals surface area (Å²) in [5, 5.41) is 5.62. The van der Waals surface area contributed by atoms with Crippen molar-refractivity contribution in [3.05, 3.63) is 167 Å². The number of fused-ring (bicyclic) bond motifs is 1. The van der Waals surface area contributed by atoms with Gasteiger partial charge in [0.25, 0.3) is 23.6 Å². The summed E-state index contributed by atoms with van der Waals surface area (Å²) in [6.07, 6.45) is 1.61. The number of hydrogen-bond donors (Lipinski definition) is 2. The molecule has 0 aliphatic carbocycles. The van der Waals surface area contributed by atoms with Crippen molar-refractivity contribution in [1.29, 1.82) is 0 Å². The molecule has 0 saturated heterocycles. The van der Waals surface area contributed by atoms with E-state index in [1.807, 2.05) is 72.8 Å². The number of hydrogen-bond acceptors (Lipinski definition) is 6. The number of thioether (sulfide) groups is 1. The van der Waals surface area contributed by atoms with Gasteiger partial charge in [-0.05, 0) is 77.9 Å². The minimum absolute atomic E-state index is 0.0706. The summed E-state index contributed by atoms with van der Waals surface area (Å²) in [6.45, 7) is 0.714. The number of carbonyl (C=O) groups excluding carboxylic acids is 4. The van der Waals surface area contributed by atoms with E-state index in [9.17, 15) is 19.2 Å². The van der Waals surface area contributed by atoms with E-state index in [-0.39, 0.29) is 24.1 Å². The molecule has 4 amide bonds. The number of carbonyl (C=O) groups is 4. The fourth-order valence-corrected chi connectivity index (χ4v) is 5.88. The van der Waals surface area contributed by atoms with Crippen molar-refractivity contribution < 1.29 is 23.9 Å². The predicted molar refractivity (Wildman–Crippen MR) is 187 cm³/mol. The molecule has 1 heterocycles. The van der Waals surface area contributed by atoms with Crippen LogP contribution >= 0.6 is 11.8 Å². The zero-order chi connectivity index (χ0) is 33.3. The molecule has 0 atom stereocenters. The normalized spacial score (nSPS) is 12.4. The van der Waals surface area contributed by atoms with Gasteiger partial charge in [0.1, 0.15) is 18.1 Å². The van der Waals surface area contributed by atoms with Gasteiger partial charge in [0, 0.05) is 28.4 Å². The van der Waals surface area contributed by atoms with Gasteiger partial charge in [-0.2, -0.15) is 0 Å². The minimum Gasteiger partial charge on any atom is -0.489 e. The van der Waals surface area contributed by atoms with E-state index in [0.29, 0.717) is 46.1 Å². The lowest BCUT2D eigenvalue weighted by Crippen LogP contribution is -2.31. The van der Waals surface area contributed by atoms with E-state index in [0.717, 1.165) is 10.5 Å². The fraction of sp³-hybridized carbons (Fsp3) is 0.0769. The van der Waals surface area contributed by atoms with Gasteiger partial charge in [-0.25, -0.2) is 0 Å². The molecule has 6 rings (SSSR count). The third kappa shape index (κ3) is 7.89. The summed E-state index contributed by atoms with van der Waals surface area (Å²) in [7, 11) is 0. The molecule has 2 N–H and O–H groups in total. The first kappa shape index (κ1) is 32.0. The first-order valence-corrected chi connectivity index (χ1v) is 16.3.